The van der Waals surface area contributed by atoms with Crippen LogP contribution < -0.4 is 15.0 Å². The highest BCUT2D eigenvalue weighted by Gasteiger charge is 2.40. The number of carbonyl (C=O) groups is 1. The van der Waals surface area contributed by atoms with Gasteiger partial charge in [0.05, 0.1) is 18.8 Å². The van der Waals surface area contributed by atoms with E-state index in [2.05, 4.69) is 15.1 Å². The zero-order chi connectivity index (χ0) is 24.4. The van der Waals surface area contributed by atoms with Gasteiger partial charge in [0.2, 0.25) is 0 Å². The number of halogens is 2. The molecule has 35 heavy (non-hydrogen) atoms. The summed E-state index contributed by atoms with van der Waals surface area (Å²) < 4.78 is 32.9. The predicted octanol–water partition coefficient (Wildman–Crippen LogP) is 5.04. The Labute approximate surface area is 206 Å². The number of carbonyl (C=O) groups excluding carboxylic acids is 1. The van der Waals surface area contributed by atoms with Crippen LogP contribution in [-0.4, -0.2) is 56.1 Å². The molecule has 0 amide bonds. The molecular formula is C28H35F2N3O2. The fraction of sp³-hybridized carbons (Fsp3) is 0.536. The highest BCUT2D eigenvalue weighted by molar-refractivity contribution is 5.88. The van der Waals surface area contributed by atoms with Gasteiger partial charge in [-0.15, -0.1) is 0 Å². The van der Waals surface area contributed by atoms with Gasteiger partial charge in [-0.2, -0.15) is 0 Å². The van der Waals surface area contributed by atoms with Gasteiger partial charge in [0.25, 0.3) is 0 Å². The zero-order valence-corrected chi connectivity index (χ0v) is 20.4. The third kappa shape index (κ3) is 5.15. The maximum atomic E-state index is 13.9. The minimum Gasteiger partial charge on any atom is -0.494 e. The average molecular weight is 484 g/mol. The van der Waals surface area contributed by atoms with Gasteiger partial charge >= 0.3 is 0 Å². The van der Waals surface area contributed by atoms with Crippen molar-refractivity contribution in [3.8, 4) is 5.75 Å². The molecule has 2 aliphatic heterocycles. The number of fused-ring (bicyclic) bond motifs is 1. The van der Waals surface area contributed by atoms with Gasteiger partial charge in [-0.1, -0.05) is 19.3 Å². The van der Waals surface area contributed by atoms with Crippen molar-refractivity contribution >= 4 is 17.2 Å². The minimum absolute atomic E-state index is 0.00861. The summed E-state index contributed by atoms with van der Waals surface area (Å²) in [7, 11) is 1.56. The largest absolute Gasteiger partial charge is 0.494 e. The number of aryl methyl sites for hydroxylation is 1. The summed E-state index contributed by atoms with van der Waals surface area (Å²) in [5.74, 6) is 0.490. The van der Waals surface area contributed by atoms with E-state index in [-0.39, 0.29) is 29.6 Å². The lowest BCUT2D eigenvalue weighted by Crippen LogP contribution is -2.60. The molecule has 2 fully saturated rings. The second kappa shape index (κ2) is 10.5. The lowest BCUT2D eigenvalue weighted by Gasteiger charge is -2.45. The maximum Gasteiger partial charge on any atom is 0.155 e. The van der Waals surface area contributed by atoms with Crippen LogP contribution >= 0.6 is 0 Å². The number of rotatable bonds is 6. The van der Waals surface area contributed by atoms with Gasteiger partial charge in [-0.3, -0.25) is 9.69 Å². The molecule has 1 saturated heterocycles. The number of nitrogens with one attached hydrogen (secondary N) is 1. The number of piperazine rings is 1. The van der Waals surface area contributed by atoms with Crippen LogP contribution in [0.1, 0.15) is 44.1 Å². The molecule has 5 rings (SSSR count). The Hall–Kier alpha value is -2.67. The monoisotopic (exact) mass is 483 g/mol. The first-order valence-corrected chi connectivity index (χ1v) is 12.9. The third-order valence-electron chi connectivity index (χ3n) is 8.00. The second-order valence-corrected chi connectivity index (χ2v) is 10.1. The highest BCUT2D eigenvalue weighted by atomic mass is 19.1. The number of hydrogen-bond acceptors (Lipinski definition) is 5. The number of Topliss-reactive ketones (excluding diaryl/α,β-unsaturated/α-hetero) is 1. The summed E-state index contributed by atoms with van der Waals surface area (Å²) >= 11 is 0. The van der Waals surface area contributed by atoms with Gasteiger partial charge in [0.1, 0.15) is 17.4 Å². The van der Waals surface area contributed by atoms with E-state index in [4.69, 9.17) is 4.74 Å². The van der Waals surface area contributed by atoms with E-state index in [9.17, 15) is 13.6 Å². The summed E-state index contributed by atoms with van der Waals surface area (Å²) in [6.07, 6.45) is 7.01. The van der Waals surface area contributed by atoms with Gasteiger partial charge in [0, 0.05) is 49.9 Å². The lowest BCUT2D eigenvalue weighted by atomic mass is 9.80. The molecule has 2 heterocycles. The van der Waals surface area contributed by atoms with Crippen LogP contribution in [-0.2, 0) is 11.2 Å². The quantitative estimate of drug-likeness (QED) is 0.624. The van der Waals surface area contributed by atoms with Crippen LogP contribution in [0, 0.1) is 17.6 Å². The Morgan fingerprint density at radius 1 is 0.971 bits per heavy atom. The van der Waals surface area contributed by atoms with Crippen molar-refractivity contribution in [1.82, 2.24) is 4.90 Å². The fourth-order valence-corrected chi connectivity index (χ4v) is 6.14. The van der Waals surface area contributed by atoms with Gasteiger partial charge in [0.15, 0.2) is 5.78 Å². The van der Waals surface area contributed by atoms with Crippen LogP contribution in [0.15, 0.2) is 36.4 Å². The number of ketones is 1. The first kappa shape index (κ1) is 24.0. The molecule has 1 N–H and O–H groups in total. The normalized spacial score (nSPS) is 22.3. The Morgan fingerprint density at radius 3 is 2.43 bits per heavy atom. The van der Waals surface area contributed by atoms with E-state index in [1.165, 1.54) is 24.6 Å². The van der Waals surface area contributed by atoms with Crippen molar-refractivity contribution in [3.05, 3.63) is 53.6 Å². The van der Waals surface area contributed by atoms with Crippen molar-refractivity contribution in [3.63, 3.8) is 0 Å². The van der Waals surface area contributed by atoms with Crippen molar-refractivity contribution in [2.24, 2.45) is 5.92 Å². The highest BCUT2D eigenvalue weighted by Crippen LogP contribution is 2.34. The number of nitrogens with zero attached hydrogens (tertiary/aromatic N) is 2. The molecule has 0 spiro atoms. The standard InChI is InChI=1S/C28H35F2N3O2/c1-35-26-18-22(30)9-12-25(26)32-13-15-33(16-14-32)27(28(34)19-5-3-2-4-6-19)24-10-7-20-17-21(29)8-11-23(20)31-24/h8-9,11-12,17-19,24,27,31H,2-7,10,13-16H2,1H3. The Bertz CT molecular complexity index is 1050. The Kier molecular flexibility index (Phi) is 7.23. The third-order valence-corrected chi connectivity index (χ3v) is 8.00. The number of anilines is 2. The molecule has 0 aromatic heterocycles. The predicted molar refractivity (Wildman–Crippen MR) is 134 cm³/mol. The smallest absolute Gasteiger partial charge is 0.155 e. The van der Waals surface area contributed by atoms with E-state index >= 15 is 0 Å². The van der Waals surface area contributed by atoms with E-state index in [0.29, 0.717) is 11.5 Å². The molecular weight excluding hydrogens is 448 g/mol. The van der Waals surface area contributed by atoms with Crippen molar-refractivity contribution in [1.29, 1.82) is 0 Å². The average Bonchev–Trinajstić information content (AvgIpc) is 2.89. The minimum atomic E-state index is -0.314. The van der Waals surface area contributed by atoms with Crippen LogP contribution in [0.5, 0.6) is 5.75 Å². The van der Waals surface area contributed by atoms with Crippen LogP contribution in [0.4, 0.5) is 20.2 Å². The summed E-state index contributed by atoms with van der Waals surface area (Å²) in [6, 6.07) is 9.36. The van der Waals surface area contributed by atoms with E-state index < -0.39 is 0 Å². The molecule has 0 bridgehead atoms. The van der Waals surface area contributed by atoms with Crippen LogP contribution in [0.2, 0.25) is 0 Å². The molecule has 0 radical (unpaired) electrons. The number of hydrogen-bond donors (Lipinski definition) is 1. The van der Waals surface area contributed by atoms with Crippen LogP contribution in [0.3, 0.4) is 0 Å². The summed E-state index contributed by atoms with van der Waals surface area (Å²) in [5, 5.41) is 3.60. The first-order valence-electron chi connectivity index (χ1n) is 12.9. The Morgan fingerprint density at radius 2 is 1.69 bits per heavy atom. The summed E-state index contributed by atoms with van der Waals surface area (Å²) in [4.78, 5) is 18.5. The molecule has 188 valence electrons. The van der Waals surface area contributed by atoms with E-state index in [1.54, 1.807) is 25.3 Å². The molecule has 2 atom stereocenters. The molecule has 2 aromatic rings. The molecule has 1 saturated carbocycles. The molecule has 1 aliphatic carbocycles. The SMILES string of the molecule is COc1cc(F)ccc1N1CCN(C(C(=O)C2CCCCC2)C2CCc3cc(F)ccc3N2)CC1. The van der Waals surface area contributed by atoms with Gasteiger partial charge in [-0.25, -0.2) is 8.78 Å². The maximum absolute atomic E-state index is 13.9. The van der Waals surface area contributed by atoms with Crippen LogP contribution in [0.25, 0.3) is 0 Å². The lowest BCUT2D eigenvalue weighted by molar-refractivity contribution is -0.130. The molecule has 2 unspecified atom stereocenters. The van der Waals surface area contributed by atoms with Gasteiger partial charge < -0.3 is 15.0 Å². The molecule has 5 nitrogen and oxygen atoms in total. The number of benzene rings is 2. The van der Waals surface area contributed by atoms with E-state index in [1.807, 2.05) is 0 Å². The molecule has 7 heteroatoms. The summed E-state index contributed by atoms with van der Waals surface area (Å²) in [5.41, 5.74) is 2.81. The summed E-state index contributed by atoms with van der Waals surface area (Å²) in [6.45, 7) is 2.98. The fourth-order valence-electron chi connectivity index (χ4n) is 6.14. The number of ether oxygens (including phenoxy) is 1. The molecule has 3 aliphatic rings. The second-order valence-electron chi connectivity index (χ2n) is 10.1. The zero-order valence-electron chi connectivity index (χ0n) is 20.4. The van der Waals surface area contributed by atoms with Crippen molar-refractivity contribution in [2.75, 3.05) is 43.5 Å². The van der Waals surface area contributed by atoms with Crippen molar-refractivity contribution < 1.29 is 18.3 Å². The van der Waals surface area contributed by atoms with Gasteiger partial charge in [-0.05, 0) is 61.6 Å². The topological polar surface area (TPSA) is 44.8 Å². The Balaban J connectivity index is 1.35. The van der Waals surface area contributed by atoms with Crippen molar-refractivity contribution in [2.45, 2.75) is 57.0 Å². The van der Waals surface area contributed by atoms with E-state index in [0.717, 1.165) is 81.6 Å². The first-order chi connectivity index (χ1) is 17.0. The number of methoxy groups -OCH3 is 1. The molecule has 2 aromatic carbocycles.